The number of nitro groups is 1. The largest absolute Gasteiger partial charge is 0.349 e. The van der Waals surface area contributed by atoms with Crippen molar-refractivity contribution in [3.63, 3.8) is 0 Å². The van der Waals surface area contributed by atoms with E-state index in [4.69, 9.17) is 5.84 Å². The zero-order valence-electron chi connectivity index (χ0n) is 10.8. The van der Waals surface area contributed by atoms with Crippen LogP contribution in [0, 0.1) is 10.1 Å². The molecule has 1 saturated heterocycles. The molecule has 108 valence electrons. The summed E-state index contributed by atoms with van der Waals surface area (Å²) in [5.74, 6) is 7.02. The summed E-state index contributed by atoms with van der Waals surface area (Å²) >= 11 is 1.86. The molecule has 20 heavy (non-hydrogen) atoms. The van der Waals surface area contributed by atoms with E-state index in [-0.39, 0.29) is 28.9 Å². The van der Waals surface area contributed by atoms with Crippen LogP contribution in [0.4, 0.5) is 11.4 Å². The first kappa shape index (κ1) is 14.6. The molecule has 1 fully saturated rings. The summed E-state index contributed by atoms with van der Waals surface area (Å²) in [6.07, 6.45) is 1.83. The lowest BCUT2D eigenvalue weighted by molar-refractivity contribution is -0.384. The predicted octanol–water partition coefficient (Wildman–Crippen LogP) is 1.51. The number of nitrogens with two attached hydrogens (primary N) is 1. The normalized spacial score (nSPS) is 15.7. The van der Waals surface area contributed by atoms with E-state index >= 15 is 0 Å². The van der Waals surface area contributed by atoms with Gasteiger partial charge < -0.3 is 10.7 Å². The highest BCUT2D eigenvalue weighted by Crippen LogP contribution is 2.27. The summed E-state index contributed by atoms with van der Waals surface area (Å²) in [7, 11) is 0. The zero-order valence-corrected chi connectivity index (χ0v) is 11.6. The lowest BCUT2D eigenvalue weighted by Crippen LogP contribution is -2.37. The topological polar surface area (TPSA) is 110 Å². The minimum atomic E-state index is -0.566. The third kappa shape index (κ3) is 3.20. The minimum absolute atomic E-state index is 0.0418. The van der Waals surface area contributed by atoms with E-state index in [0.717, 1.165) is 24.3 Å². The van der Waals surface area contributed by atoms with Crippen LogP contribution in [0.5, 0.6) is 0 Å². The van der Waals surface area contributed by atoms with Crippen LogP contribution in [0.1, 0.15) is 23.2 Å². The Kier molecular flexibility index (Phi) is 4.80. The third-order valence-electron chi connectivity index (χ3n) is 3.18. The van der Waals surface area contributed by atoms with Gasteiger partial charge in [0.2, 0.25) is 0 Å². The summed E-state index contributed by atoms with van der Waals surface area (Å²) in [5, 5.41) is 13.8. The van der Waals surface area contributed by atoms with Gasteiger partial charge in [-0.2, -0.15) is 11.8 Å². The van der Waals surface area contributed by atoms with Gasteiger partial charge in [-0.15, -0.1) is 0 Å². The molecule has 4 N–H and O–H groups in total. The molecule has 0 aromatic heterocycles. The summed E-state index contributed by atoms with van der Waals surface area (Å²) in [4.78, 5) is 22.6. The van der Waals surface area contributed by atoms with Crippen LogP contribution in [0.3, 0.4) is 0 Å². The first-order valence-electron chi connectivity index (χ1n) is 6.26. The number of nitrogens with zero attached hydrogens (tertiary/aromatic N) is 1. The lowest BCUT2D eigenvalue weighted by atomic mass is 10.1. The van der Waals surface area contributed by atoms with Gasteiger partial charge in [0, 0.05) is 12.1 Å². The number of hydrogen-bond donors (Lipinski definition) is 3. The Morgan fingerprint density at radius 2 is 2.10 bits per heavy atom. The van der Waals surface area contributed by atoms with Crippen molar-refractivity contribution in [2.45, 2.75) is 18.9 Å². The molecule has 8 heteroatoms. The molecule has 1 amide bonds. The van der Waals surface area contributed by atoms with Crippen LogP contribution in [-0.4, -0.2) is 28.4 Å². The standard InChI is InChI=1S/C12H16N4O3S/c13-15-11-9(2-1-3-10(11)16(18)19)12(17)14-8-4-6-20-7-5-8/h1-3,8,15H,4-7,13H2,(H,14,17). The van der Waals surface area contributed by atoms with Gasteiger partial charge in [-0.25, -0.2) is 0 Å². The van der Waals surface area contributed by atoms with Crippen molar-refractivity contribution in [3.8, 4) is 0 Å². The Balaban J connectivity index is 2.20. The second-order valence-corrected chi connectivity index (χ2v) is 5.69. The average molecular weight is 296 g/mol. The fourth-order valence-corrected chi connectivity index (χ4v) is 3.24. The molecule has 7 nitrogen and oxygen atoms in total. The van der Waals surface area contributed by atoms with E-state index in [1.54, 1.807) is 0 Å². The second-order valence-electron chi connectivity index (χ2n) is 4.46. The Hall–Kier alpha value is -1.80. The minimum Gasteiger partial charge on any atom is -0.349 e. The van der Waals surface area contributed by atoms with Gasteiger partial charge in [-0.3, -0.25) is 20.8 Å². The first-order valence-corrected chi connectivity index (χ1v) is 7.41. The molecule has 0 aliphatic carbocycles. The number of hydrogen-bond acceptors (Lipinski definition) is 6. The molecule has 0 radical (unpaired) electrons. The van der Waals surface area contributed by atoms with Gasteiger partial charge in [0.25, 0.3) is 11.6 Å². The van der Waals surface area contributed by atoms with E-state index in [2.05, 4.69) is 10.7 Å². The molecule has 1 aromatic rings. The summed E-state index contributed by atoms with van der Waals surface area (Å²) < 4.78 is 0. The summed E-state index contributed by atoms with van der Waals surface area (Å²) in [5.41, 5.74) is 2.28. The average Bonchev–Trinajstić information content (AvgIpc) is 2.47. The Morgan fingerprint density at radius 1 is 1.40 bits per heavy atom. The van der Waals surface area contributed by atoms with Crippen molar-refractivity contribution in [1.29, 1.82) is 0 Å². The van der Waals surface area contributed by atoms with Crippen molar-refractivity contribution in [2.24, 2.45) is 5.84 Å². The number of hydrazine groups is 1. The highest BCUT2D eigenvalue weighted by Gasteiger charge is 2.23. The van der Waals surface area contributed by atoms with E-state index in [0.29, 0.717) is 0 Å². The van der Waals surface area contributed by atoms with Crippen LogP contribution < -0.4 is 16.6 Å². The van der Waals surface area contributed by atoms with Crippen LogP contribution in [0.15, 0.2) is 18.2 Å². The van der Waals surface area contributed by atoms with Crippen molar-refractivity contribution in [1.82, 2.24) is 5.32 Å². The number of benzene rings is 1. The van der Waals surface area contributed by atoms with E-state index in [9.17, 15) is 14.9 Å². The maximum Gasteiger partial charge on any atom is 0.294 e. The second kappa shape index (κ2) is 6.58. The molecule has 1 aliphatic heterocycles. The maximum atomic E-state index is 12.2. The number of amides is 1. The molecule has 2 rings (SSSR count). The first-order chi connectivity index (χ1) is 9.63. The quantitative estimate of drug-likeness (QED) is 0.441. The van der Waals surface area contributed by atoms with E-state index in [1.165, 1.54) is 18.2 Å². The molecule has 1 aliphatic rings. The summed E-state index contributed by atoms with van der Waals surface area (Å²) in [6, 6.07) is 4.43. The van der Waals surface area contributed by atoms with Crippen LogP contribution in [0.25, 0.3) is 0 Å². The van der Waals surface area contributed by atoms with Gasteiger partial charge in [0.1, 0.15) is 5.69 Å². The summed E-state index contributed by atoms with van der Waals surface area (Å²) in [6.45, 7) is 0. The smallest absolute Gasteiger partial charge is 0.294 e. The number of nitrogen functional groups attached to an aromatic ring is 1. The fraction of sp³-hybridized carbons (Fsp3) is 0.417. The Morgan fingerprint density at radius 3 is 2.70 bits per heavy atom. The number of carbonyl (C=O) groups is 1. The predicted molar refractivity (Wildman–Crippen MR) is 78.7 cm³/mol. The lowest BCUT2D eigenvalue weighted by Gasteiger charge is -2.23. The van der Waals surface area contributed by atoms with Gasteiger partial charge in [0.05, 0.1) is 10.5 Å². The maximum absolute atomic E-state index is 12.2. The highest BCUT2D eigenvalue weighted by atomic mass is 32.2. The van der Waals surface area contributed by atoms with Gasteiger partial charge in [-0.05, 0) is 30.4 Å². The molecular formula is C12H16N4O3S. The molecule has 1 heterocycles. The van der Waals surface area contributed by atoms with E-state index in [1.807, 2.05) is 11.8 Å². The van der Waals surface area contributed by atoms with E-state index < -0.39 is 4.92 Å². The number of thioether (sulfide) groups is 1. The Bertz CT molecular complexity index is 517. The number of rotatable bonds is 4. The van der Waals surface area contributed by atoms with Gasteiger partial charge >= 0.3 is 0 Å². The molecule has 0 unspecified atom stereocenters. The fourth-order valence-electron chi connectivity index (χ4n) is 2.14. The molecule has 1 aromatic carbocycles. The SMILES string of the molecule is NNc1c(C(=O)NC2CCSCC2)cccc1[N+](=O)[O-]. The van der Waals surface area contributed by atoms with Crippen molar-refractivity contribution in [3.05, 3.63) is 33.9 Å². The van der Waals surface area contributed by atoms with Crippen LogP contribution >= 0.6 is 11.8 Å². The number of anilines is 1. The van der Waals surface area contributed by atoms with Crippen LogP contribution in [0.2, 0.25) is 0 Å². The van der Waals surface area contributed by atoms with Gasteiger partial charge in [-0.1, -0.05) is 6.07 Å². The van der Waals surface area contributed by atoms with Crippen LogP contribution in [-0.2, 0) is 0 Å². The Labute approximate surface area is 120 Å². The van der Waals surface area contributed by atoms with Gasteiger partial charge in [0.15, 0.2) is 0 Å². The third-order valence-corrected chi connectivity index (χ3v) is 4.23. The molecule has 0 saturated carbocycles. The molecule has 0 atom stereocenters. The van der Waals surface area contributed by atoms with Crippen molar-refractivity contribution < 1.29 is 9.72 Å². The van der Waals surface area contributed by atoms with Crippen molar-refractivity contribution >= 4 is 29.0 Å². The monoisotopic (exact) mass is 296 g/mol. The number of para-hydroxylation sites is 1. The molecular weight excluding hydrogens is 280 g/mol. The van der Waals surface area contributed by atoms with Crippen molar-refractivity contribution in [2.75, 3.05) is 16.9 Å². The number of carbonyl (C=O) groups excluding carboxylic acids is 1. The number of nitrogens with one attached hydrogen (secondary N) is 2. The highest BCUT2D eigenvalue weighted by molar-refractivity contribution is 7.99. The molecule has 0 bridgehead atoms. The zero-order chi connectivity index (χ0) is 14.5. The molecule has 0 spiro atoms. The number of nitro benzene ring substituents is 1.